The minimum Gasteiger partial charge on any atom is -0.467 e. The maximum Gasteiger partial charge on any atom is 0.233 e. The summed E-state index contributed by atoms with van der Waals surface area (Å²) in [4.78, 5) is 17.7. The van der Waals surface area contributed by atoms with Crippen molar-refractivity contribution in [1.29, 1.82) is 0 Å². The van der Waals surface area contributed by atoms with Crippen LogP contribution in [0, 0.1) is 12.7 Å². The molecule has 0 saturated carbocycles. The van der Waals surface area contributed by atoms with E-state index in [0.29, 0.717) is 18.8 Å². The maximum absolute atomic E-state index is 13.0. The molecule has 6 heteroatoms. The fourth-order valence-corrected chi connectivity index (χ4v) is 4.06. The first-order valence-electron chi connectivity index (χ1n) is 7.84. The Morgan fingerprint density at radius 2 is 1.96 bits per heavy atom. The first kappa shape index (κ1) is 17.8. The molecule has 0 aliphatic heterocycles. The third-order valence-electron chi connectivity index (χ3n) is 3.60. The number of thioether (sulfide) groups is 1. The van der Waals surface area contributed by atoms with Gasteiger partial charge in [0.05, 0.1) is 25.1 Å². The highest BCUT2D eigenvalue weighted by Gasteiger charge is 2.17. The lowest BCUT2D eigenvalue weighted by Crippen LogP contribution is -2.31. The molecule has 1 aromatic carbocycles. The number of aryl methyl sites for hydroxylation is 1. The van der Waals surface area contributed by atoms with Gasteiger partial charge in [0, 0.05) is 14.6 Å². The first-order chi connectivity index (χ1) is 12.1. The highest BCUT2D eigenvalue weighted by molar-refractivity contribution is 8.00. The van der Waals surface area contributed by atoms with Gasteiger partial charge in [0.2, 0.25) is 5.91 Å². The number of benzene rings is 1. The molecule has 0 unspecified atom stereocenters. The lowest BCUT2D eigenvalue weighted by molar-refractivity contribution is -0.129. The number of nitrogens with zero attached hydrogens (tertiary/aromatic N) is 1. The summed E-state index contributed by atoms with van der Waals surface area (Å²) in [6.07, 6.45) is 1.61. The number of furan rings is 1. The van der Waals surface area contributed by atoms with Crippen LogP contribution in [0.2, 0.25) is 0 Å². The van der Waals surface area contributed by atoms with E-state index in [2.05, 4.69) is 19.1 Å². The largest absolute Gasteiger partial charge is 0.467 e. The third-order valence-corrected chi connectivity index (χ3v) is 5.58. The van der Waals surface area contributed by atoms with Gasteiger partial charge >= 0.3 is 0 Å². The SMILES string of the molecule is Cc1ccc(CN(Cc2ccco2)C(=O)CSc2ccc(F)cc2)s1. The molecular formula is C19H18FNO2S2. The van der Waals surface area contributed by atoms with Gasteiger partial charge in [-0.05, 0) is 55.5 Å². The van der Waals surface area contributed by atoms with Crippen molar-refractivity contribution < 1.29 is 13.6 Å². The third kappa shape index (κ3) is 5.21. The summed E-state index contributed by atoms with van der Waals surface area (Å²) < 4.78 is 18.4. The number of rotatable bonds is 7. The Kier molecular flexibility index (Phi) is 5.94. The number of hydrogen-bond donors (Lipinski definition) is 0. The molecule has 3 aromatic rings. The van der Waals surface area contributed by atoms with E-state index < -0.39 is 0 Å². The number of thiophene rings is 1. The quantitative estimate of drug-likeness (QED) is 0.538. The van der Waals surface area contributed by atoms with Crippen LogP contribution in [0.25, 0.3) is 0 Å². The summed E-state index contributed by atoms with van der Waals surface area (Å²) >= 11 is 3.10. The Labute approximate surface area is 154 Å². The molecule has 25 heavy (non-hydrogen) atoms. The number of halogens is 1. The topological polar surface area (TPSA) is 33.5 Å². The Morgan fingerprint density at radius 3 is 2.60 bits per heavy atom. The standard InChI is InChI=1S/C19H18FNO2S2/c1-14-4-7-18(25-14)12-21(11-16-3-2-10-23-16)19(22)13-24-17-8-5-15(20)6-9-17/h2-10H,11-13H2,1H3. The van der Waals surface area contributed by atoms with Crippen LogP contribution >= 0.6 is 23.1 Å². The zero-order chi connectivity index (χ0) is 17.6. The van der Waals surface area contributed by atoms with Gasteiger partial charge in [0.15, 0.2) is 0 Å². The second-order valence-corrected chi connectivity index (χ2v) is 8.01. The van der Waals surface area contributed by atoms with Crippen LogP contribution in [0.5, 0.6) is 0 Å². The zero-order valence-electron chi connectivity index (χ0n) is 13.8. The second-order valence-electron chi connectivity index (χ2n) is 5.58. The molecule has 0 spiro atoms. The van der Waals surface area contributed by atoms with Crippen LogP contribution in [0.3, 0.4) is 0 Å². The number of carbonyl (C=O) groups excluding carboxylic acids is 1. The van der Waals surface area contributed by atoms with Gasteiger partial charge in [0.25, 0.3) is 0 Å². The molecule has 130 valence electrons. The van der Waals surface area contributed by atoms with Gasteiger partial charge in [0.1, 0.15) is 11.6 Å². The summed E-state index contributed by atoms with van der Waals surface area (Å²) in [5.41, 5.74) is 0. The molecule has 0 fully saturated rings. The summed E-state index contributed by atoms with van der Waals surface area (Å²) in [5.74, 6) is 0.810. The second kappa shape index (κ2) is 8.36. The predicted molar refractivity (Wildman–Crippen MR) is 99.1 cm³/mol. The molecule has 0 saturated heterocycles. The first-order valence-corrected chi connectivity index (χ1v) is 9.64. The Morgan fingerprint density at radius 1 is 1.16 bits per heavy atom. The van der Waals surface area contributed by atoms with Crippen LogP contribution in [-0.2, 0) is 17.9 Å². The summed E-state index contributed by atoms with van der Waals surface area (Å²) in [6.45, 7) is 3.05. The molecule has 0 bridgehead atoms. The van der Waals surface area contributed by atoms with E-state index in [-0.39, 0.29) is 11.7 Å². The maximum atomic E-state index is 13.0. The average Bonchev–Trinajstić information content (AvgIpc) is 3.25. The van der Waals surface area contributed by atoms with Crippen molar-refractivity contribution in [1.82, 2.24) is 4.90 Å². The molecule has 3 nitrogen and oxygen atoms in total. The summed E-state index contributed by atoms with van der Waals surface area (Å²) in [5, 5.41) is 0. The summed E-state index contributed by atoms with van der Waals surface area (Å²) in [7, 11) is 0. The highest BCUT2D eigenvalue weighted by atomic mass is 32.2. The van der Waals surface area contributed by atoms with Crippen molar-refractivity contribution in [2.45, 2.75) is 24.9 Å². The van der Waals surface area contributed by atoms with E-state index in [1.807, 2.05) is 12.1 Å². The molecule has 0 radical (unpaired) electrons. The molecule has 2 heterocycles. The molecule has 0 atom stereocenters. The van der Waals surface area contributed by atoms with E-state index in [0.717, 1.165) is 15.5 Å². The highest BCUT2D eigenvalue weighted by Crippen LogP contribution is 2.22. The van der Waals surface area contributed by atoms with E-state index in [9.17, 15) is 9.18 Å². The van der Waals surface area contributed by atoms with Crippen molar-refractivity contribution in [2.75, 3.05) is 5.75 Å². The average molecular weight is 375 g/mol. The molecule has 0 aliphatic rings. The fourth-order valence-electron chi connectivity index (χ4n) is 2.35. The van der Waals surface area contributed by atoms with Crippen molar-refractivity contribution in [3.8, 4) is 0 Å². The smallest absolute Gasteiger partial charge is 0.233 e. The Hall–Kier alpha value is -2.05. The van der Waals surface area contributed by atoms with E-state index in [4.69, 9.17) is 4.42 Å². The minimum absolute atomic E-state index is 0.0248. The summed E-state index contributed by atoms with van der Waals surface area (Å²) in [6, 6.07) is 14.0. The zero-order valence-corrected chi connectivity index (χ0v) is 15.4. The van der Waals surface area contributed by atoms with Gasteiger partial charge in [-0.25, -0.2) is 4.39 Å². The van der Waals surface area contributed by atoms with E-state index >= 15 is 0 Å². The van der Waals surface area contributed by atoms with Crippen molar-refractivity contribution in [3.63, 3.8) is 0 Å². The molecular weight excluding hydrogens is 357 g/mol. The number of amides is 1. The number of hydrogen-bond acceptors (Lipinski definition) is 4. The minimum atomic E-state index is -0.275. The van der Waals surface area contributed by atoms with E-state index in [1.165, 1.54) is 28.8 Å². The van der Waals surface area contributed by atoms with Gasteiger partial charge < -0.3 is 9.32 Å². The van der Waals surface area contributed by atoms with Crippen LogP contribution < -0.4 is 0 Å². The van der Waals surface area contributed by atoms with Gasteiger partial charge in [-0.1, -0.05) is 0 Å². The van der Waals surface area contributed by atoms with Crippen molar-refractivity contribution in [2.24, 2.45) is 0 Å². The van der Waals surface area contributed by atoms with Crippen LogP contribution in [0.4, 0.5) is 4.39 Å². The van der Waals surface area contributed by atoms with Gasteiger partial charge in [-0.15, -0.1) is 23.1 Å². The molecule has 3 rings (SSSR count). The van der Waals surface area contributed by atoms with Crippen molar-refractivity contribution in [3.05, 3.63) is 76.1 Å². The van der Waals surface area contributed by atoms with E-state index in [1.54, 1.807) is 34.6 Å². The van der Waals surface area contributed by atoms with Crippen LogP contribution in [-0.4, -0.2) is 16.6 Å². The molecule has 0 aliphatic carbocycles. The lowest BCUT2D eigenvalue weighted by atomic mass is 10.3. The molecule has 2 aromatic heterocycles. The fraction of sp³-hybridized carbons (Fsp3) is 0.211. The lowest BCUT2D eigenvalue weighted by Gasteiger charge is -2.21. The van der Waals surface area contributed by atoms with Crippen LogP contribution in [0.15, 0.2) is 64.1 Å². The Balaban J connectivity index is 1.66. The predicted octanol–water partition coefficient (Wildman–Crippen LogP) is 5.11. The van der Waals surface area contributed by atoms with Crippen molar-refractivity contribution >= 4 is 29.0 Å². The van der Waals surface area contributed by atoms with Crippen LogP contribution in [0.1, 0.15) is 15.5 Å². The Bertz CT molecular complexity index is 812. The number of carbonyl (C=O) groups is 1. The molecule has 0 N–H and O–H groups in total. The normalized spacial score (nSPS) is 10.8. The monoisotopic (exact) mass is 375 g/mol. The van der Waals surface area contributed by atoms with Gasteiger partial charge in [-0.2, -0.15) is 0 Å². The molecule has 1 amide bonds. The van der Waals surface area contributed by atoms with Gasteiger partial charge in [-0.3, -0.25) is 4.79 Å².